The van der Waals surface area contributed by atoms with Crippen LogP contribution in [0.3, 0.4) is 0 Å². The van der Waals surface area contributed by atoms with Gasteiger partial charge in [0.2, 0.25) is 5.91 Å². The average molecular weight is 486 g/mol. The fraction of sp³-hybridized carbons (Fsp3) is 0.346. The molecule has 0 saturated heterocycles. The van der Waals surface area contributed by atoms with Crippen LogP contribution in [0, 0.1) is 5.41 Å². The quantitative estimate of drug-likeness (QED) is 0.474. The number of benzene rings is 2. The predicted molar refractivity (Wildman–Crippen MR) is 129 cm³/mol. The number of carbonyl (C=O) groups is 3. The van der Waals surface area contributed by atoms with Crippen molar-refractivity contribution >= 4 is 46.5 Å². The van der Waals surface area contributed by atoms with E-state index < -0.39 is 11.9 Å². The lowest BCUT2D eigenvalue weighted by Gasteiger charge is -2.43. The molecule has 1 aliphatic carbocycles. The summed E-state index contributed by atoms with van der Waals surface area (Å²) in [7, 11) is 0. The molecule has 33 heavy (non-hydrogen) atoms. The molecular weight excluding hydrogens is 461 g/mol. The third-order valence-corrected chi connectivity index (χ3v) is 6.97. The zero-order valence-electron chi connectivity index (χ0n) is 18.8. The van der Waals surface area contributed by atoms with Crippen molar-refractivity contribution in [1.82, 2.24) is 0 Å². The first-order valence-electron chi connectivity index (χ1n) is 10.9. The normalized spacial score (nSPS) is 20.0. The third kappa shape index (κ3) is 4.44. The van der Waals surface area contributed by atoms with Gasteiger partial charge in [-0.3, -0.25) is 14.5 Å². The van der Waals surface area contributed by atoms with Gasteiger partial charge in [-0.05, 0) is 54.7 Å². The first-order valence-corrected chi connectivity index (χ1v) is 11.7. The topological polar surface area (TPSA) is 63.7 Å². The molecule has 0 saturated carbocycles. The number of allylic oxidation sites excluding steroid dienone is 2. The van der Waals surface area contributed by atoms with E-state index in [-0.39, 0.29) is 30.1 Å². The highest BCUT2D eigenvalue weighted by atomic mass is 35.5. The van der Waals surface area contributed by atoms with E-state index in [1.165, 1.54) is 0 Å². The lowest BCUT2D eigenvalue weighted by atomic mass is 9.69. The van der Waals surface area contributed by atoms with Gasteiger partial charge in [0.15, 0.2) is 5.78 Å². The fourth-order valence-electron chi connectivity index (χ4n) is 4.73. The maximum Gasteiger partial charge on any atom is 0.338 e. The molecule has 5 nitrogen and oxygen atoms in total. The minimum absolute atomic E-state index is 0.0166. The number of ketones is 1. The van der Waals surface area contributed by atoms with Gasteiger partial charge >= 0.3 is 5.97 Å². The van der Waals surface area contributed by atoms with E-state index in [0.29, 0.717) is 51.0 Å². The van der Waals surface area contributed by atoms with Crippen molar-refractivity contribution < 1.29 is 19.1 Å². The zero-order valence-corrected chi connectivity index (χ0v) is 20.3. The fourth-order valence-corrected chi connectivity index (χ4v) is 5.17. The van der Waals surface area contributed by atoms with Crippen LogP contribution >= 0.6 is 23.2 Å². The minimum atomic E-state index is -0.447. The van der Waals surface area contributed by atoms with Gasteiger partial charge in [-0.25, -0.2) is 4.79 Å². The van der Waals surface area contributed by atoms with Crippen molar-refractivity contribution in [3.63, 3.8) is 0 Å². The maximum atomic E-state index is 13.5. The molecule has 2 aromatic rings. The number of carbonyl (C=O) groups excluding carboxylic acids is 3. The van der Waals surface area contributed by atoms with Crippen LogP contribution < -0.4 is 4.90 Å². The van der Waals surface area contributed by atoms with Crippen LogP contribution in [0.5, 0.6) is 0 Å². The summed E-state index contributed by atoms with van der Waals surface area (Å²) in [6.45, 7) is 6.08. The van der Waals surface area contributed by atoms with Gasteiger partial charge in [-0.2, -0.15) is 0 Å². The Morgan fingerprint density at radius 1 is 1.09 bits per heavy atom. The lowest BCUT2D eigenvalue weighted by Crippen LogP contribution is -2.43. The van der Waals surface area contributed by atoms with Crippen molar-refractivity contribution in [2.24, 2.45) is 5.41 Å². The first-order chi connectivity index (χ1) is 15.6. The zero-order chi connectivity index (χ0) is 23.9. The Labute approximate surface area is 203 Å². The monoisotopic (exact) mass is 485 g/mol. The Morgan fingerprint density at radius 2 is 1.79 bits per heavy atom. The molecular formula is C26H25Cl2NO4. The molecule has 0 radical (unpaired) electrons. The van der Waals surface area contributed by atoms with Crippen LogP contribution in [0.25, 0.3) is 0 Å². The number of hydrogen-bond acceptors (Lipinski definition) is 4. The second-order valence-corrected chi connectivity index (χ2v) is 9.98. The van der Waals surface area contributed by atoms with Crippen molar-refractivity contribution in [2.75, 3.05) is 11.5 Å². The van der Waals surface area contributed by atoms with Crippen LogP contribution in [-0.4, -0.2) is 24.3 Å². The Hall–Kier alpha value is -2.63. The van der Waals surface area contributed by atoms with Crippen LogP contribution in [-0.2, 0) is 14.3 Å². The molecule has 0 bridgehead atoms. The van der Waals surface area contributed by atoms with E-state index in [1.54, 1.807) is 48.2 Å². The molecule has 0 aromatic heterocycles. The highest BCUT2D eigenvalue weighted by Crippen LogP contribution is 2.49. The summed E-state index contributed by atoms with van der Waals surface area (Å²) in [6.07, 6.45) is 1.06. The van der Waals surface area contributed by atoms with Crippen LogP contribution in [0.2, 0.25) is 10.0 Å². The molecule has 4 rings (SSSR count). The second-order valence-electron chi connectivity index (χ2n) is 9.20. The highest BCUT2D eigenvalue weighted by molar-refractivity contribution is 6.42. The van der Waals surface area contributed by atoms with Gasteiger partial charge in [-0.1, -0.05) is 49.2 Å². The smallest absolute Gasteiger partial charge is 0.338 e. The number of anilines is 1. The van der Waals surface area contributed by atoms with Gasteiger partial charge < -0.3 is 4.74 Å². The largest absolute Gasteiger partial charge is 0.462 e. The number of rotatable bonds is 4. The minimum Gasteiger partial charge on any atom is -0.462 e. The molecule has 0 N–H and O–H groups in total. The third-order valence-electron chi connectivity index (χ3n) is 6.14. The Balaban J connectivity index is 1.83. The second kappa shape index (κ2) is 8.96. The van der Waals surface area contributed by atoms with E-state index in [2.05, 4.69) is 0 Å². The molecule has 2 aliphatic rings. The van der Waals surface area contributed by atoms with E-state index in [4.69, 9.17) is 27.9 Å². The van der Waals surface area contributed by atoms with Crippen LogP contribution in [0.1, 0.15) is 61.9 Å². The molecule has 0 fully saturated rings. The van der Waals surface area contributed by atoms with E-state index >= 15 is 0 Å². The number of amides is 1. The summed E-state index contributed by atoms with van der Waals surface area (Å²) in [4.78, 5) is 40.5. The predicted octanol–water partition coefficient (Wildman–Crippen LogP) is 6.33. The molecule has 1 unspecified atom stereocenters. The SMILES string of the molecule is CCOC(=O)c1ccc(N2C(=O)CC(c3cccc(Cl)c3Cl)C3=C2CC(C)(C)CC3=O)cc1. The molecule has 1 heterocycles. The number of esters is 1. The number of hydrogen-bond donors (Lipinski definition) is 0. The summed E-state index contributed by atoms with van der Waals surface area (Å²) in [5.74, 6) is -0.983. The summed E-state index contributed by atoms with van der Waals surface area (Å²) in [5.41, 5.74) is 2.73. The number of halogens is 2. The van der Waals surface area contributed by atoms with Gasteiger partial charge in [0, 0.05) is 35.7 Å². The van der Waals surface area contributed by atoms with E-state index in [9.17, 15) is 14.4 Å². The summed E-state index contributed by atoms with van der Waals surface area (Å²) in [6, 6.07) is 12.0. The lowest BCUT2D eigenvalue weighted by molar-refractivity contribution is -0.121. The Morgan fingerprint density at radius 3 is 2.45 bits per heavy atom. The molecule has 7 heteroatoms. The molecule has 1 amide bonds. The molecule has 172 valence electrons. The summed E-state index contributed by atoms with van der Waals surface area (Å²) >= 11 is 12.7. The Bertz CT molecular complexity index is 1170. The number of ether oxygens (including phenoxy) is 1. The van der Waals surface area contributed by atoms with Gasteiger partial charge in [0.25, 0.3) is 0 Å². The van der Waals surface area contributed by atoms with Crippen LogP contribution in [0.15, 0.2) is 53.7 Å². The molecule has 1 aliphatic heterocycles. The number of Topliss-reactive ketones (excluding diaryl/α,β-unsaturated/α-hetero) is 1. The van der Waals surface area contributed by atoms with E-state index in [0.717, 1.165) is 0 Å². The Kier molecular flexibility index (Phi) is 6.39. The molecule has 2 aromatic carbocycles. The number of nitrogens with zero attached hydrogens (tertiary/aromatic N) is 1. The summed E-state index contributed by atoms with van der Waals surface area (Å²) in [5, 5.41) is 0.762. The maximum absolute atomic E-state index is 13.5. The average Bonchev–Trinajstić information content (AvgIpc) is 2.74. The summed E-state index contributed by atoms with van der Waals surface area (Å²) < 4.78 is 5.05. The van der Waals surface area contributed by atoms with Gasteiger partial charge in [0.05, 0.1) is 22.2 Å². The molecule has 0 spiro atoms. The molecule has 1 atom stereocenters. The van der Waals surface area contributed by atoms with Crippen molar-refractivity contribution in [3.8, 4) is 0 Å². The first kappa shape index (κ1) is 23.5. The van der Waals surface area contributed by atoms with Gasteiger partial charge in [0.1, 0.15) is 0 Å². The van der Waals surface area contributed by atoms with Crippen molar-refractivity contribution in [2.45, 2.75) is 46.0 Å². The van der Waals surface area contributed by atoms with Crippen molar-refractivity contribution in [1.29, 1.82) is 0 Å². The highest BCUT2D eigenvalue weighted by Gasteiger charge is 2.44. The van der Waals surface area contributed by atoms with Crippen LogP contribution in [0.4, 0.5) is 5.69 Å². The van der Waals surface area contributed by atoms with Crippen molar-refractivity contribution in [3.05, 3.63) is 74.9 Å². The standard InChI is InChI=1S/C26H25Cl2NO4/c1-4-33-25(32)15-8-10-16(11-9-15)29-20-13-26(2,3)14-21(30)23(20)18(12-22(29)31)17-6-5-7-19(27)24(17)28/h5-11,18H,4,12-14H2,1-3H3. The van der Waals surface area contributed by atoms with E-state index in [1.807, 2.05) is 19.9 Å². The van der Waals surface area contributed by atoms with Gasteiger partial charge in [-0.15, -0.1) is 0 Å².